The molecule has 0 radical (unpaired) electrons. The predicted octanol–water partition coefficient (Wildman–Crippen LogP) is 4.03. The highest BCUT2D eigenvalue weighted by Gasteiger charge is 2.11. The summed E-state index contributed by atoms with van der Waals surface area (Å²) in [6, 6.07) is 8.42. The smallest absolute Gasteiger partial charge is 0.339 e. The molecule has 0 spiro atoms. The SMILES string of the molecule is CC(C#Cc1ccc(Oc2ccc(SF)cc2)s1)N(O)C(N)=O. The van der Waals surface area contributed by atoms with Crippen molar-refractivity contribution < 1.29 is 18.6 Å². The van der Waals surface area contributed by atoms with Crippen molar-refractivity contribution in [2.45, 2.75) is 17.9 Å². The molecule has 2 amide bonds. The Morgan fingerprint density at radius 3 is 2.70 bits per heavy atom. The van der Waals surface area contributed by atoms with Crippen LogP contribution in [0.1, 0.15) is 11.8 Å². The van der Waals surface area contributed by atoms with Gasteiger partial charge in [-0.25, -0.2) is 4.79 Å². The molecule has 3 N–H and O–H groups in total. The number of carbonyl (C=O) groups is 1. The van der Waals surface area contributed by atoms with Gasteiger partial charge < -0.3 is 10.5 Å². The van der Waals surface area contributed by atoms with Gasteiger partial charge in [0.15, 0.2) is 5.06 Å². The van der Waals surface area contributed by atoms with Gasteiger partial charge >= 0.3 is 6.03 Å². The average Bonchev–Trinajstić information content (AvgIpc) is 3.00. The highest BCUT2D eigenvalue weighted by molar-refractivity contribution is 7.94. The first kappa shape index (κ1) is 17.1. The first-order valence-electron chi connectivity index (χ1n) is 6.45. The van der Waals surface area contributed by atoms with Crippen LogP contribution in [0.5, 0.6) is 10.8 Å². The number of carbonyl (C=O) groups excluding carboxylic acids is 1. The van der Waals surface area contributed by atoms with Gasteiger partial charge in [0.2, 0.25) is 0 Å². The zero-order valence-electron chi connectivity index (χ0n) is 12.0. The minimum absolute atomic E-state index is 0.173. The Labute approximate surface area is 141 Å². The maximum atomic E-state index is 12.4. The van der Waals surface area contributed by atoms with E-state index < -0.39 is 12.1 Å². The Morgan fingerprint density at radius 1 is 1.39 bits per heavy atom. The van der Waals surface area contributed by atoms with Gasteiger partial charge in [-0.15, -0.1) is 0 Å². The third-order valence-electron chi connectivity index (χ3n) is 2.71. The lowest BCUT2D eigenvalue weighted by molar-refractivity contribution is -0.0536. The maximum Gasteiger partial charge on any atom is 0.339 e. The second-order valence-corrected chi connectivity index (χ2v) is 6.07. The number of hydrogen-bond acceptors (Lipinski definition) is 5. The van der Waals surface area contributed by atoms with Crippen molar-refractivity contribution in [1.29, 1.82) is 0 Å². The van der Waals surface area contributed by atoms with Crippen LogP contribution in [0, 0.1) is 11.8 Å². The fourth-order valence-electron chi connectivity index (χ4n) is 1.55. The van der Waals surface area contributed by atoms with E-state index in [1.54, 1.807) is 43.3 Å². The van der Waals surface area contributed by atoms with Gasteiger partial charge in [-0.1, -0.05) is 23.2 Å². The molecule has 0 aliphatic carbocycles. The lowest BCUT2D eigenvalue weighted by Gasteiger charge is -2.14. The number of ether oxygens (including phenoxy) is 1. The third kappa shape index (κ3) is 4.89. The zero-order chi connectivity index (χ0) is 16.8. The molecule has 2 aromatic rings. The van der Waals surface area contributed by atoms with E-state index >= 15 is 0 Å². The van der Waals surface area contributed by atoms with Crippen LogP contribution in [-0.4, -0.2) is 22.3 Å². The Hall–Kier alpha value is -2.21. The summed E-state index contributed by atoms with van der Waals surface area (Å²) < 4.78 is 18.0. The van der Waals surface area contributed by atoms with Crippen molar-refractivity contribution in [3.63, 3.8) is 0 Å². The van der Waals surface area contributed by atoms with E-state index in [2.05, 4.69) is 11.8 Å². The summed E-state index contributed by atoms with van der Waals surface area (Å²) >= 11 is 1.48. The Bertz CT molecular complexity index is 737. The molecule has 8 heteroatoms. The highest BCUT2D eigenvalue weighted by atomic mass is 32.2. The summed E-state index contributed by atoms with van der Waals surface area (Å²) in [4.78, 5) is 12.0. The van der Waals surface area contributed by atoms with E-state index in [1.165, 1.54) is 11.3 Å². The minimum atomic E-state index is -0.961. The third-order valence-corrected chi connectivity index (χ3v) is 4.04. The van der Waals surface area contributed by atoms with E-state index in [9.17, 15) is 13.9 Å². The molecular formula is C15H13FN2O3S2. The van der Waals surface area contributed by atoms with Gasteiger partial charge in [-0.05, 0) is 43.3 Å². The van der Waals surface area contributed by atoms with Crippen LogP contribution in [0.25, 0.3) is 0 Å². The highest BCUT2D eigenvalue weighted by Crippen LogP contribution is 2.30. The number of rotatable bonds is 4. The average molecular weight is 352 g/mol. The summed E-state index contributed by atoms with van der Waals surface area (Å²) in [5, 5.41) is 10.3. The summed E-state index contributed by atoms with van der Waals surface area (Å²) in [6.45, 7) is 1.55. The molecule has 120 valence electrons. The van der Waals surface area contributed by atoms with Crippen molar-refractivity contribution >= 4 is 29.5 Å². The summed E-state index contributed by atoms with van der Waals surface area (Å²) in [5.74, 6) is 6.13. The van der Waals surface area contributed by atoms with Gasteiger partial charge in [-0.2, -0.15) is 8.95 Å². The lowest BCUT2D eigenvalue weighted by Crippen LogP contribution is -2.38. The predicted molar refractivity (Wildman–Crippen MR) is 87.3 cm³/mol. The lowest BCUT2D eigenvalue weighted by atomic mass is 10.3. The molecule has 5 nitrogen and oxygen atoms in total. The normalized spacial score (nSPS) is 11.3. The molecule has 0 bridgehead atoms. The Balaban J connectivity index is 2.02. The molecule has 0 saturated carbocycles. The van der Waals surface area contributed by atoms with Crippen LogP contribution in [0.3, 0.4) is 0 Å². The molecular weight excluding hydrogens is 339 g/mol. The number of halogens is 1. The van der Waals surface area contributed by atoms with Gasteiger partial charge in [0, 0.05) is 4.90 Å². The first-order chi connectivity index (χ1) is 11.0. The van der Waals surface area contributed by atoms with Crippen molar-refractivity contribution in [3.8, 4) is 22.7 Å². The molecule has 1 aromatic heterocycles. The Kier molecular flexibility index (Phi) is 5.87. The van der Waals surface area contributed by atoms with Crippen LogP contribution in [0.2, 0.25) is 0 Å². The van der Waals surface area contributed by atoms with E-state index in [1.807, 2.05) is 0 Å². The minimum Gasteiger partial charge on any atom is -0.447 e. The monoisotopic (exact) mass is 352 g/mol. The van der Waals surface area contributed by atoms with Gasteiger partial charge in [0.05, 0.1) is 17.0 Å². The molecule has 2 rings (SSSR count). The van der Waals surface area contributed by atoms with Crippen LogP contribution in [0.15, 0.2) is 41.3 Å². The standard InChI is InChI=1S/C15H13FN2O3S2/c1-10(18(20)15(17)19)2-5-12-8-9-14(22-12)21-11-3-6-13(23-16)7-4-11/h3-4,6-10,20H,1H3,(H2,17,19). The van der Waals surface area contributed by atoms with Gasteiger partial charge in [-0.3, -0.25) is 5.21 Å². The fraction of sp³-hybridized carbons (Fsp3) is 0.133. The topological polar surface area (TPSA) is 75.8 Å². The molecule has 0 fully saturated rings. The number of thiophene rings is 1. The Morgan fingerprint density at radius 2 is 2.09 bits per heavy atom. The zero-order valence-corrected chi connectivity index (χ0v) is 13.7. The van der Waals surface area contributed by atoms with E-state index in [4.69, 9.17) is 10.5 Å². The van der Waals surface area contributed by atoms with Gasteiger partial charge in [0.1, 0.15) is 11.8 Å². The quantitative estimate of drug-likeness (QED) is 0.495. The maximum absolute atomic E-state index is 12.4. The first-order valence-corrected chi connectivity index (χ1v) is 7.98. The van der Waals surface area contributed by atoms with E-state index in [0.29, 0.717) is 25.6 Å². The van der Waals surface area contributed by atoms with E-state index in [-0.39, 0.29) is 12.1 Å². The molecule has 0 aliphatic rings. The van der Waals surface area contributed by atoms with Crippen molar-refractivity contribution in [3.05, 3.63) is 41.3 Å². The second kappa shape index (κ2) is 7.87. The van der Waals surface area contributed by atoms with E-state index in [0.717, 1.165) is 0 Å². The number of hydroxylamine groups is 2. The molecule has 1 atom stereocenters. The number of primary amides is 1. The number of hydrogen-bond donors (Lipinski definition) is 2. The van der Waals surface area contributed by atoms with Crippen LogP contribution in [0.4, 0.5) is 8.68 Å². The molecule has 0 saturated heterocycles. The fourth-order valence-corrected chi connectivity index (χ4v) is 2.52. The second-order valence-electron chi connectivity index (χ2n) is 4.40. The molecule has 1 aromatic carbocycles. The van der Waals surface area contributed by atoms with Crippen LogP contribution < -0.4 is 10.5 Å². The van der Waals surface area contributed by atoms with Crippen molar-refractivity contribution in [2.75, 3.05) is 0 Å². The van der Waals surface area contributed by atoms with Crippen molar-refractivity contribution in [1.82, 2.24) is 5.06 Å². The van der Waals surface area contributed by atoms with Crippen molar-refractivity contribution in [2.24, 2.45) is 5.73 Å². The summed E-state index contributed by atoms with van der Waals surface area (Å²) in [5.41, 5.74) is 4.94. The largest absolute Gasteiger partial charge is 0.447 e. The number of amides is 2. The number of urea groups is 1. The molecule has 1 unspecified atom stereocenters. The number of nitrogens with zero attached hydrogens (tertiary/aromatic N) is 1. The molecule has 1 heterocycles. The number of nitrogens with two attached hydrogens (primary N) is 1. The summed E-state index contributed by atoms with van der Waals surface area (Å²) in [6.07, 6.45) is 0. The molecule has 23 heavy (non-hydrogen) atoms. The molecule has 0 aliphatic heterocycles. The van der Waals surface area contributed by atoms with Crippen LogP contribution >= 0.6 is 23.5 Å². The van der Waals surface area contributed by atoms with Gasteiger partial charge in [0.25, 0.3) is 0 Å². The number of benzene rings is 1. The van der Waals surface area contributed by atoms with Crippen LogP contribution in [-0.2, 0) is 0 Å². The summed E-state index contributed by atoms with van der Waals surface area (Å²) in [7, 11) is 0.